The number of nitrogens with zero attached hydrogens (tertiary/aromatic N) is 1. The van der Waals surface area contributed by atoms with E-state index < -0.39 is 0 Å². The Morgan fingerprint density at radius 3 is 2.62 bits per heavy atom. The van der Waals surface area contributed by atoms with Crippen molar-refractivity contribution in [2.45, 2.75) is 38.3 Å². The van der Waals surface area contributed by atoms with Gasteiger partial charge in [0.05, 0.1) is 5.69 Å². The molecule has 2 N–H and O–H groups in total. The predicted molar refractivity (Wildman–Crippen MR) is 87.2 cm³/mol. The number of aromatic nitrogens is 1. The van der Waals surface area contributed by atoms with Gasteiger partial charge < -0.3 is 10.4 Å². The summed E-state index contributed by atoms with van der Waals surface area (Å²) in [5, 5.41) is 16.1. The second-order valence-corrected chi connectivity index (χ2v) is 6.72. The summed E-state index contributed by atoms with van der Waals surface area (Å²) in [5.41, 5.74) is 2.25. The van der Waals surface area contributed by atoms with Gasteiger partial charge in [0.2, 0.25) is 0 Å². The first-order chi connectivity index (χ1) is 10.3. The van der Waals surface area contributed by atoms with Crippen molar-refractivity contribution in [3.8, 4) is 11.3 Å². The third-order valence-corrected chi connectivity index (χ3v) is 5.12. The van der Waals surface area contributed by atoms with Crippen molar-refractivity contribution in [1.29, 1.82) is 0 Å². The molecule has 1 aliphatic rings. The summed E-state index contributed by atoms with van der Waals surface area (Å²) in [6, 6.07) is 10.9. The molecule has 0 unspecified atom stereocenters. The van der Waals surface area contributed by atoms with E-state index in [1.54, 1.807) is 11.3 Å². The lowest BCUT2D eigenvalue weighted by Crippen LogP contribution is -2.33. The number of benzene rings is 1. The Morgan fingerprint density at radius 1 is 1.14 bits per heavy atom. The molecule has 0 bridgehead atoms. The van der Waals surface area contributed by atoms with Crippen LogP contribution >= 0.6 is 11.3 Å². The van der Waals surface area contributed by atoms with E-state index in [4.69, 9.17) is 10.1 Å². The molecule has 3 nitrogen and oxygen atoms in total. The minimum atomic E-state index is 0.347. The average molecular weight is 302 g/mol. The molecule has 2 aromatic rings. The van der Waals surface area contributed by atoms with Gasteiger partial charge in [0, 0.05) is 30.1 Å². The molecule has 0 amide bonds. The summed E-state index contributed by atoms with van der Waals surface area (Å²) in [6.45, 7) is 1.20. The van der Waals surface area contributed by atoms with Crippen molar-refractivity contribution in [3.63, 3.8) is 0 Å². The Hall–Kier alpha value is -1.23. The Kier molecular flexibility index (Phi) is 5.01. The van der Waals surface area contributed by atoms with E-state index in [1.165, 1.54) is 18.4 Å². The number of aliphatic hydroxyl groups excluding tert-OH is 1. The van der Waals surface area contributed by atoms with E-state index in [-0.39, 0.29) is 0 Å². The first-order valence-corrected chi connectivity index (χ1v) is 8.57. The molecule has 1 fully saturated rings. The minimum Gasteiger partial charge on any atom is -0.396 e. The van der Waals surface area contributed by atoms with Crippen molar-refractivity contribution < 1.29 is 5.11 Å². The fourth-order valence-electron chi connectivity index (χ4n) is 2.91. The summed E-state index contributed by atoms with van der Waals surface area (Å²) in [7, 11) is 0. The maximum absolute atomic E-state index is 9.17. The number of hydrogen-bond acceptors (Lipinski definition) is 4. The third kappa shape index (κ3) is 3.90. The second kappa shape index (κ2) is 7.16. The first-order valence-electron chi connectivity index (χ1n) is 7.69. The van der Waals surface area contributed by atoms with Crippen molar-refractivity contribution in [2.24, 2.45) is 5.92 Å². The maximum Gasteiger partial charge on any atom is 0.107 e. The Morgan fingerprint density at radius 2 is 1.90 bits per heavy atom. The Labute approximate surface area is 130 Å². The fourth-order valence-corrected chi connectivity index (χ4v) is 3.67. The zero-order valence-corrected chi connectivity index (χ0v) is 13.0. The highest BCUT2D eigenvalue weighted by Gasteiger charge is 2.20. The van der Waals surface area contributed by atoms with Crippen LogP contribution < -0.4 is 5.32 Å². The van der Waals surface area contributed by atoms with Crippen molar-refractivity contribution in [1.82, 2.24) is 10.3 Å². The Balaban J connectivity index is 1.52. The lowest BCUT2D eigenvalue weighted by Gasteiger charge is -2.27. The number of rotatable bonds is 5. The molecule has 0 radical (unpaired) electrons. The quantitative estimate of drug-likeness (QED) is 0.889. The molecule has 1 aromatic carbocycles. The van der Waals surface area contributed by atoms with E-state index >= 15 is 0 Å². The molecule has 0 atom stereocenters. The summed E-state index contributed by atoms with van der Waals surface area (Å²) >= 11 is 1.72. The molecule has 1 heterocycles. The summed E-state index contributed by atoms with van der Waals surface area (Å²) in [4.78, 5) is 4.71. The smallest absolute Gasteiger partial charge is 0.107 e. The second-order valence-electron chi connectivity index (χ2n) is 5.77. The van der Waals surface area contributed by atoms with E-state index in [2.05, 4.69) is 22.8 Å². The molecular weight excluding hydrogens is 280 g/mol. The molecule has 4 heteroatoms. The molecule has 3 rings (SSSR count). The highest BCUT2D eigenvalue weighted by molar-refractivity contribution is 7.09. The van der Waals surface area contributed by atoms with Crippen LogP contribution in [0.15, 0.2) is 35.7 Å². The highest BCUT2D eigenvalue weighted by Crippen LogP contribution is 2.25. The summed E-state index contributed by atoms with van der Waals surface area (Å²) in [6.07, 6.45) is 4.62. The summed E-state index contributed by atoms with van der Waals surface area (Å²) in [5.74, 6) is 0.521. The van der Waals surface area contributed by atoms with Gasteiger partial charge in [0.25, 0.3) is 0 Å². The van der Waals surface area contributed by atoms with Crippen LogP contribution in [-0.2, 0) is 6.54 Å². The van der Waals surface area contributed by atoms with Gasteiger partial charge in [-0.2, -0.15) is 0 Å². The van der Waals surface area contributed by atoms with E-state index in [1.807, 2.05) is 18.2 Å². The maximum atomic E-state index is 9.17. The molecule has 0 spiro atoms. The van der Waals surface area contributed by atoms with Crippen LogP contribution in [0.1, 0.15) is 30.7 Å². The fraction of sp³-hybridized carbons (Fsp3) is 0.471. The highest BCUT2D eigenvalue weighted by atomic mass is 32.1. The minimum absolute atomic E-state index is 0.347. The zero-order valence-electron chi connectivity index (χ0n) is 12.2. The molecule has 1 aliphatic carbocycles. The lowest BCUT2D eigenvalue weighted by atomic mass is 9.86. The average Bonchev–Trinajstić information content (AvgIpc) is 3.03. The van der Waals surface area contributed by atoms with Crippen molar-refractivity contribution in [2.75, 3.05) is 6.61 Å². The van der Waals surface area contributed by atoms with Gasteiger partial charge in [-0.1, -0.05) is 30.3 Å². The van der Waals surface area contributed by atoms with Gasteiger partial charge in [0.15, 0.2) is 0 Å². The van der Waals surface area contributed by atoms with Crippen LogP contribution in [-0.4, -0.2) is 22.7 Å². The van der Waals surface area contributed by atoms with Gasteiger partial charge in [-0.05, 0) is 31.6 Å². The number of hydrogen-bond donors (Lipinski definition) is 2. The van der Waals surface area contributed by atoms with Gasteiger partial charge in [-0.15, -0.1) is 11.3 Å². The van der Waals surface area contributed by atoms with Gasteiger partial charge in [-0.3, -0.25) is 0 Å². The molecule has 1 saturated carbocycles. The summed E-state index contributed by atoms with van der Waals surface area (Å²) < 4.78 is 0. The lowest BCUT2D eigenvalue weighted by molar-refractivity contribution is 0.175. The largest absolute Gasteiger partial charge is 0.396 e. The van der Waals surface area contributed by atoms with Gasteiger partial charge in [0.1, 0.15) is 5.01 Å². The molecule has 0 aliphatic heterocycles. The van der Waals surface area contributed by atoms with Crippen LogP contribution in [0.5, 0.6) is 0 Å². The third-order valence-electron chi connectivity index (χ3n) is 4.27. The van der Waals surface area contributed by atoms with Crippen molar-refractivity contribution >= 4 is 11.3 Å². The first kappa shape index (κ1) is 14.7. The topological polar surface area (TPSA) is 45.1 Å². The molecule has 112 valence electrons. The standard InChI is InChI=1S/C17H22N2OS/c20-11-13-6-8-15(9-7-13)18-10-17-19-16(12-21-17)14-4-2-1-3-5-14/h1-5,12-13,15,18,20H,6-11H2. The van der Waals surface area contributed by atoms with E-state index in [9.17, 15) is 0 Å². The van der Waals surface area contributed by atoms with E-state index in [0.29, 0.717) is 18.6 Å². The van der Waals surface area contributed by atoms with Gasteiger partial charge >= 0.3 is 0 Å². The molecule has 21 heavy (non-hydrogen) atoms. The SMILES string of the molecule is OCC1CCC(NCc2nc(-c3ccccc3)cs2)CC1. The van der Waals surface area contributed by atoms with Crippen LogP contribution in [0.4, 0.5) is 0 Å². The predicted octanol–water partition coefficient (Wildman–Crippen LogP) is 3.45. The van der Waals surface area contributed by atoms with Crippen molar-refractivity contribution in [3.05, 3.63) is 40.7 Å². The molecule has 0 saturated heterocycles. The zero-order chi connectivity index (χ0) is 14.5. The number of thiazole rings is 1. The van der Waals surface area contributed by atoms with Crippen LogP contribution in [0.25, 0.3) is 11.3 Å². The monoisotopic (exact) mass is 302 g/mol. The molecular formula is C17H22N2OS. The van der Waals surface area contributed by atoms with Crippen LogP contribution in [0, 0.1) is 5.92 Å². The van der Waals surface area contributed by atoms with Gasteiger partial charge in [-0.25, -0.2) is 4.98 Å². The van der Waals surface area contributed by atoms with Crippen LogP contribution in [0.3, 0.4) is 0 Å². The normalized spacial score (nSPS) is 22.3. The number of nitrogens with one attached hydrogen (secondary N) is 1. The molecule has 1 aromatic heterocycles. The number of aliphatic hydroxyl groups is 1. The van der Waals surface area contributed by atoms with E-state index in [0.717, 1.165) is 30.1 Å². The van der Waals surface area contributed by atoms with Crippen LogP contribution in [0.2, 0.25) is 0 Å². The Bertz CT molecular complexity index is 547.